The van der Waals surface area contributed by atoms with E-state index >= 15 is 0 Å². The monoisotopic (exact) mass is 213 g/mol. The maximum Gasteiger partial charge on any atom is 0.314 e. The molecule has 1 heterocycles. The van der Waals surface area contributed by atoms with Gasteiger partial charge in [0.25, 0.3) is 0 Å². The van der Waals surface area contributed by atoms with E-state index in [0.29, 0.717) is 12.5 Å². The van der Waals surface area contributed by atoms with Crippen molar-refractivity contribution in [1.82, 2.24) is 15.5 Å². The molecule has 0 aromatic carbocycles. The Hall–Kier alpha value is -0.770. The average molecular weight is 213 g/mol. The molecular weight excluding hydrogens is 190 g/mol. The lowest BCUT2D eigenvalue weighted by Crippen LogP contribution is -2.39. The molecule has 0 radical (unpaired) electrons. The molecule has 2 N–H and O–H groups in total. The van der Waals surface area contributed by atoms with Crippen molar-refractivity contribution >= 4 is 6.03 Å². The SMILES string of the molecule is CCNC(=O)NCC(C)CN1CCCC1. The summed E-state index contributed by atoms with van der Waals surface area (Å²) in [6, 6.07) is -0.0502. The number of likely N-dealkylation sites (tertiary alicyclic amines) is 1. The first-order valence-electron chi connectivity index (χ1n) is 5.96. The Labute approximate surface area is 92.4 Å². The molecule has 0 saturated carbocycles. The van der Waals surface area contributed by atoms with E-state index in [-0.39, 0.29) is 6.03 Å². The number of amides is 2. The van der Waals surface area contributed by atoms with Crippen LogP contribution in [0.15, 0.2) is 0 Å². The zero-order valence-electron chi connectivity index (χ0n) is 9.88. The Morgan fingerprint density at radius 2 is 2.00 bits per heavy atom. The van der Waals surface area contributed by atoms with Gasteiger partial charge in [-0.25, -0.2) is 4.79 Å². The Balaban J connectivity index is 2.07. The van der Waals surface area contributed by atoms with Crippen LogP contribution in [0, 0.1) is 5.92 Å². The van der Waals surface area contributed by atoms with E-state index in [9.17, 15) is 4.79 Å². The van der Waals surface area contributed by atoms with E-state index in [4.69, 9.17) is 0 Å². The molecule has 0 aliphatic carbocycles. The largest absolute Gasteiger partial charge is 0.338 e. The third-order valence-electron chi connectivity index (χ3n) is 2.72. The molecule has 4 heteroatoms. The highest BCUT2D eigenvalue weighted by molar-refractivity contribution is 5.73. The number of hydrogen-bond acceptors (Lipinski definition) is 2. The van der Waals surface area contributed by atoms with Crippen LogP contribution < -0.4 is 10.6 Å². The van der Waals surface area contributed by atoms with Gasteiger partial charge in [0, 0.05) is 19.6 Å². The molecule has 1 saturated heterocycles. The van der Waals surface area contributed by atoms with Crippen LogP contribution in [0.25, 0.3) is 0 Å². The molecule has 4 nitrogen and oxygen atoms in total. The molecule has 88 valence electrons. The first-order valence-corrected chi connectivity index (χ1v) is 5.96. The summed E-state index contributed by atoms with van der Waals surface area (Å²) in [5.41, 5.74) is 0. The maximum absolute atomic E-state index is 11.1. The average Bonchev–Trinajstić information content (AvgIpc) is 2.68. The summed E-state index contributed by atoms with van der Waals surface area (Å²) in [5.74, 6) is 0.533. The second-order valence-electron chi connectivity index (χ2n) is 4.35. The van der Waals surface area contributed by atoms with Gasteiger partial charge in [-0.2, -0.15) is 0 Å². The Kier molecular flexibility index (Phi) is 5.47. The Bertz CT molecular complexity index is 190. The molecule has 0 bridgehead atoms. The van der Waals surface area contributed by atoms with Crippen LogP contribution in [0.2, 0.25) is 0 Å². The maximum atomic E-state index is 11.1. The van der Waals surface area contributed by atoms with E-state index in [1.54, 1.807) is 0 Å². The van der Waals surface area contributed by atoms with Gasteiger partial charge in [-0.15, -0.1) is 0 Å². The first kappa shape index (κ1) is 12.3. The van der Waals surface area contributed by atoms with Gasteiger partial charge in [-0.1, -0.05) is 6.92 Å². The van der Waals surface area contributed by atoms with Gasteiger partial charge in [-0.3, -0.25) is 0 Å². The molecule has 1 unspecified atom stereocenters. The standard InChI is InChI=1S/C11H23N3O/c1-3-12-11(15)13-8-10(2)9-14-6-4-5-7-14/h10H,3-9H2,1-2H3,(H2,12,13,15). The van der Waals surface area contributed by atoms with Crippen LogP contribution in [0.3, 0.4) is 0 Å². The van der Waals surface area contributed by atoms with Crippen LogP contribution in [0.5, 0.6) is 0 Å². The highest BCUT2D eigenvalue weighted by atomic mass is 16.2. The molecule has 1 aliphatic rings. The molecule has 1 atom stereocenters. The molecule has 1 fully saturated rings. The Morgan fingerprint density at radius 3 is 2.60 bits per heavy atom. The van der Waals surface area contributed by atoms with Crippen molar-refractivity contribution < 1.29 is 4.79 Å². The van der Waals surface area contributed by atoms with Gasteiger partial charge in [0.2, 0.25) is 0 Å². The van der Waals surface area contributed by atoms with Crippen molar-refractivity contribution in [3.63, 3.8) is 0 Å². The zero-order valence-corrected chi connectivity index (χ0v) is 9.88. The minimum atomic E-state index is -0.0502. The summed E-state index contributed by atoms with van der Waals surface area (Å²) < 4.78 is 0. The second-order valence-corrected chi connectivity index (χ2v) is 4.35. The molecule has 0 spiro atoms. The van der Waals surface area contributed by atoms with Crippen LogP contribution in [-0.2, 0) is 0 Å². The third-order valence-corrected chi connectivity index (χ3v) is 2.72. The molecule has 2 amide bonds. The molecule has 0 aromatic heterocycles. The van der Waals surface area contributed by atoms with Crippen molar-refractivity contribution in [2.24, 2.45) is 5.92 Å². The number of carbonyl (C=O) groups excluding carboxylic acids is 1. The predicted molar refractivity (Wildman–Crippen MR) is 61.9 cm³/mol. The first-order chi connectivity index (χ1) is 7.22. The van der Waals surface area contributed by atoms with E-state index in [2.05, 4.69) is 22.5 Å². The van der Waals surface area contributed by atoms with Crippen molar-refractivity contribution in [2.75, 3.05) is 32.7 Å². The highest BCUT2D eigenvalue weighted by Gasteiger charge is 2.14. The quantitative estimate of drug-likeness (QED) is 0.716. The highest BCUT2D eigenvalue weighted by Crippen LogP contribution is 2.09. The molecule has 0 aromatic rings. The molecular formula is C11H23N3O. The van der Waals surface area contributed by atoms with Crippen LogP contribution in [-0.4, -0.2) is 43.7 Å². The molecule has 1 aliphatic heterocycles. The van der Waals surface area contributed by atoms with Gasteiger partial charge in [-0.05, 0) is 38.8 Å². The minimum absolute atomic E-state index is 0.0502. The summed E-state index contributed by atoms with van der Waals surface area (Å²) in [6.07, 6.45) is 2.66. The summed E-state index contributed by atoms with van der Waals surface area (Å²) >= 11 is 0. The van der Waals surface area contributed by atoms with Crippen molar-refractivity contribution in [2.45, 2.75) is 26.7 Å². The topological polar surface area (TPSA) is 44.4 Å². The number of nitrogens with one attached hydrogen (secondary N) is 2. The van der Waals surface area contributed by atoms with Crippen molar-refractivity contribution in [1.29, 1.82) is 0 Å². The Morgan fingerprint density at radius 1 is 1.33 bits per heavy atom. The van der Waals surface area contributed by atoms with Crippen LogP contribution in [0.1, 0.15) is 26.7 Å². The van der Waals surface area contributed by atoms with Crippen molar-refractivity contribution in [3.05, 3.63) is 0 Å². The van der Waals surface area contributed by atoms with Gasteiger partial charge in [0.15, 0.2) is 0 Å². The lowest BCUT2D eigenvalue weighted by atomic mass is 10.1. The van der Waals surface area contributed by atoms with Gasteiger partial charge in [0.05, 0.1) is 0 Å². The predicted octanol–water partition coefficient (Wildman–Crippen LogP) is 1.04. The molecule has 15 heavy (non-hydrogen) atoms. The summed E-state index contributed by atoms with van der Waals surface area (Å²) in [4.78, 5) is 13.6. The zero-order chi connectivity index (χ0) is 11.1. The number of rotatable bonds is 5. The smallest absolute Gasteiger partial charge is 0.314 e. The normalized spacial score (nSPS) is 18.8. The fraction of sp³-hybridized carbons (Fsp3) is 0.909. The van der Waals surface area contributed by atoms with Gasteiger partial charge < -0.3 is 15.5 Å². The number of carbonyl (C=O) groups is 1. The van der Waals surface area contributed by atoms with Gasteiger partial charge >= 0.3 is 6.03 Å². The second kappa shape index (κ2) is 6.67. The number of urea groups is 1. The van der Waals surface area contributed by atoms with E-state index in [1.807, 2.05) is 6.92 Å². The summed E-state index contributed by atoms with van der Waals surface area (Å²) in [7, 11) is 0. The molecule has 1 rings (SSSR count). The van der Waals surface area contributed by atoms with E-state index < -0.39 is 0 Å². The van der Waals surface area contributed by atoms with E-state index in [0.717, 1.165) is 13.1 Å². The lowest BCUT2D eigenvalue weighted by Gasteiger charge is -2.20. The van der Waals surface area contributed by atoms with E-state index in [1.165, 1.54) is 25.9 Å². The lowest BCUT2D eigenvalue weighted by molar-refractivity contribution is 0.235. The fourth-order valence-corrected chi connectivity index (χ4v) is 1.96. The summed E-state index contributed by atoms with van der Waals surface area (Å²) in [6.45, 7) is 9.12. The van der Waals surface area contributed by atoms with Crippen LogP contribution in [0.4, 0.5) is 4.79 Å². The number of hydrogen-bond donors (Lipinski definition) is 2. The third kappa shape index (κ3) is 5.02. The number of nitrogens with zero attached hydrogens (tertiary/aromatic N) is 1. The fourth-order valence-electron chi connectivity index (χ4n) is 1.96. The van der Waals surface area contributed by atoms with Gasteiger partial charge in [0.1, 0.15) is 0 Å². The minimum Gasteiger partial charge on any atom is -0.338 e. The van der Waals surface area contributed by atoms with Crippen molar-refractivity contribution in [3.8, 4) is 0 Å². The van der Waals surface area contributed by atoms with Crippen LogP contribution >= 0.6 is 0 Å². The summed E-state index contributed by atoms with van der Waals surface area (Å²) in [5, 5.41) is 5.61.